The van der Waals surface area contributed by atoms with E-state index in [0.29, 0.717) is 18.4 Å². The van der Waals surface area contributed by atoms with E-state index in [2.05, 4.69) is 10.0 Å². The van der Waals surface area contributed by atoms with Crippen LogP contribution in [0.25, 0.3) is 0 Å². The molecule has 108 valence electrons. The molecule has 1 heterocycles. The summed E-state index contributed by atoms with van der Waals surface area (Å²) in [6.07, 6.45) is 1.06. The van der Waals surface area contributed by atoms with Gasteiger partial charge in [0.15, 0.2) is 5.78 Å². The molecule has 6 nitrogen and oxygen atoms in total. The molecule has 1 unspecified atom stereocenters. The van der Waals surface area contributed by atoms with E-state index >= 15 is 0 Å². The van der Waals surface area contributed by atoms with Gasteiger partial charge in [0.05, 0.1) is 4.90 Å². The van der Waals surface area contributed by atoms with Crippen molar-refractivity contribution in [2.75, 3.05) is 6.54 Å². The normalized spacial score (nSPS) is 18.9. The van der Waals surface area contributed by atoms with Crippen LogP contribution in [0.1, 0.15) is 30.1 Å². The minimum Gasteiger partial charge on any atom is -0.352 e. The third kappa shape index (κ3) is 3.43. The standard InChI is InChI=1S/C13H16N2O4S/c1-9(16)10-2-5-12(6-3-10)20(18,19)14-8-11-4-7-13(17)15-11/h2-3,5-6,11,14H,4,7-8H2,1H3,(H,15,17). The second kappa shape index (κ2) is 5.72. The average Bonchev–Trinajstić information content (AvgIpc) is 2.82. The molecule has 0 aromatic heterocycles. The quantitative estimate of drug-likeness (QED) is 0.771. The minimum atomic E-state index is -3.62. The first-order valence-electron chi connectivity index (χ1n) is 6.28. The van der Waals surface area contributed by atoms with Gasteiger partial charge in [-0.05, 0) is 25.5 Å². The number of carbonyl (C=O) groups is 2. The topological polar surface area (TPSA) is 92.3 Å². The minimum absolute atomic E-state index is 0.0555. The molecular formula is C13H16N2O4S. The lowest BCUT2D eigenvalue weighted by Crippen LogP contribution is -2.38. The van der Waals surface area contributed by atoms with Gasteiger partial charge in [-0.1, -0.05) is 12.1 Å². The third-order valence-corrected chi connectivity index (χ3v) is 4.62. The Morgan fingerprint density at radius 2 is 2.00 bits per heavy atom. The van der Waals surface area contributed by atoms with E-state index in [1.165, 1.54) is 31.2 Å². The van der Waals surface area contributed by atoms with E-state index in [1.54, 1.807) is 0 Å². The molecule has 7 heteroatoms. The highest BCUT2D eigenvalue weighted by atomic mass is 32.2. The second-order valence-corrected chi connectivity index (χ2v) is 6.50. The van der Waals surface area contributed by atoms with Crippen LogP contribution in [0.3, 0.4) is 0 Å². The van der Waals surface area contributed by atoms with Crippen LogP contribution in [-0.2, 0) is 14.8 Å². The van der Waals surface area contributed by atoms with Crippen molar-refractivity contribution in [2.24, 2.45) is 0 Å². The molecule has 0 saturated carbocycles. The van der Waals surface area contributed by atoms with E-state index in [9.17, 15) is 18.0 Å². The molecule has 1 amide bonds. The molecule has 1 atom stereocenters. The highest BCUT2D eigenvalue weighted by Gasteiger charge is 2.23. The van der Waals surface area contributed by atoms with Gasteiger partial charge < -0.3 is 5.32 Å². The zero-order chi connectivity index (χ0) is 14.8. The Morgan fingerprint density at radius 1 is 1.35 bits per heavy atom. The molecule has 2 N–H and O–H groups in total. The Balaban J connectivity index is 2.02. The highest BCUT2D eigenvalue weighted by Crippen LogP contribution is 2.12. The fraction of sp³-hybridized carbons (Fsp3) is 0.385. The Morgan fingerprint density at radius 3 is 2.50 bits per heavy atom. The largest absolute Gasteiger partial charge is 0.352 e. The second-order valence-electron chi connectivity index (χ2n) is 4.74. The number of benzene rings is 1. The van der Waals surface area contributed by atoms with E-state index in [-0.39, 0.29) is 29.2 Å². The number of hydrogen-bond acceptors (Lipinski definition) is 4. The summed E-state index contributed by atoms with van der Waals surface area (Å²) in [5.41, 5.74) is 0.465. The van der Waals surface area contributed by atoms with Crippen molar-refractivity contribution in [3.8, 4) is 0 Å². The first kappa shape index (κ1) is 14.7. The van der Waals surface area contributed by atoms with E-state index in [1.807, 2.05) is 0 Å². The average molecular weight is 296 g/mol. The lowest BCUT2D eigenvalue weighted by molar-refractivity contribution is -0.119. The number of nitrogens with one attached hydrogen (secondary N) is 2. The Hall–Kier alpha value is -1.73. The molecule has 1 aliphatic heterocycles. The van der Waals surface area contributed by atoms with Gasteiger partial charge in [0.2, 0.25) is 15.9 Å². The zero-order valence-corrected chi connectivity index (χ0v) is 11.9. The van der Waals surface area contributed by atoms with Crippen molar-refractivity contribution in [3.63, 3.8) is 0 Å². The summed E-state index contributed by atoms with van der Waals surface area (Å²) in [6.45, 7) is 1.59. The van der Waals surface area contributed by atoms with Crippen molar-refractivity contribution in [1.29, 1.82) is 0 Å². The maximum absolute atomic E-state index is 12.0. The SMILES string of the molecule is CC(=O)c1ccc(S(=O)(=O)NCC2CCC(=O)N2)cc1. The maximum atomic E-state index is 12.0. The molecule has 0 radical (unpaired) electrons. The molecule has 1 saturated heterocycles. The molecule has 1 aliphatic rings. The highest BCUT2D eigenvalue weighted by molar-refractivity contribution is 7.89. The molecule has 20 heavy (non-hydrogen) atoms. The summed E-state index contributed by atoms with van der Waals surface area (Å²) in [5, 5.41) is 2.69. The van der Waals surface area contributed by atoms with Crippen LogP contribution in [0.4, 0.5) is 0 Å². The summed E-state index contributed by atoms with van der Waals surface area (Å²) in [6, 6.07) is 5.59. The van der Waals surface area contributed by atoms with Crippen LogP contribution in [0.15, 0.2) is 29.2 Å². The van der Waals surface area contributed by atoms with E-state index in [4.69, 9.17) is 0 Å². The van der Waals surface area contributed by atoms with Crippen LogP contribution >= 0.6 is 0 Å². The first-order chi connectivity index (χ1) is 9.38. The van der Waals surface area contributed by atoms with E-state index < -0.39 is 10.0 Å². The molecule has 1 aromatic rings. The lowest BCUT2D eigenvalue weighted by Gasteiger charge is -2.12. The molecule has 0 bridgehead atoms. The predicted molar refractivity (Wildman–Crippen MR) is 72.8 cm³/mol. The monoisotopic (exact) mass is 296 g/mol. The van der Waals surface area contributed by atoms with Crippen molar-refractivity contribution in [2.45, 2.75) is 30.7 Å². The molecule has 0 aliphatic carbocycles. The van der Waals surface area contributed by atoms with E-state index in [0.717, 1.165) is 0 Å². The third-order valence-electron chi connectivity index (χ3n) is 3.18. The van der Waals surface area contributed by atoms with Crippen molar-refractivity contribution >= 4 is 21.7 Å². The Labute approximate surface area is 117 Å². The van der Waals surface area contributed by atoms with Gasteiger partial charge in [-0.25, -0.2) is 13.1 Å². The summed E-state index contributed by atoms with van der Waals surface area (Å²) in [4.78, 5) is 22.3. The first-order valence-corrected chi connectivity index (χ1v) is 7.77. The van der Waals surface area contributed by atoms with Gasteiger partial charge in [0.1, 0.15) is 0 Å². The summed E-state index contributed by atoms with van der Waals surface area (Å²) in [7, 11) is -3.62. The number of hydrogen-bond donors (Lipinski definition) is 2. The molecular weight excluding hydrogens is 280 g/mol. The van der Waals surface area contributed by atoms with Gasteiger partial charge in [-0.15, -0.1) is 0 Å². The molecule has 1 fully saturated rings. The van der Waals surface area contributed by atoms with Gasteiger partial charge in [-0.2, -0.15) is 0 Å². The predicted octanol–water partition coefficient (Wildman–Crippen LogP) is 0.446. The number of ketones is 1. The Kier molecular flexibility index (Phi) is 4.20. The smallest absolute Gasteiger partial charge is 0.240 e. The maximum Gasteiger partial charge on any atom is 0.240 e. The van der Waals surface area contributed by atoms with Gasteiger partial charge in [0.25, 0.3) is 0 Å². The van der Waals surface area contributed by atoms with Crippen LogP contribution < -0.4 is 10.0 Å². The number of Topliss-reactive ketones (excluding diaryl/α,β-unsaturated/α-hetero) is 1. The Bertz CT molecular complexity index is 622. The molecule has 0 spiro atoms. The molecule has 1 aromatic carbocycles. The van der Waals surface area contributed by atoms with Crippen LogP contribution in [0, 0.1) is 0 Å². The summed E-state index contributed by atoms with van der Waals surface area (Å²) in [5.74, 6) is -0.171. The van der Waals surface area contributed by atoms with Crippen molar-refractivity contribution in [1.82, 2.24) is 10.0 Å². The van der Waals surface area contributed by atoms with Gasteiger partial charge in [0, 0.05) is 24.6 Å². The van der Waals surface area contributed by atoms with Crippen LogP contribution in [0.5, 0.6) is 0 Å². The van der Waals surface area contributed by atoms with Gasteiger partial charge in [-0.3, -0.25) is 9.59 Å². The van der Waals surface area contributed by atoms with Crippen LogP contribution in [0.2, 0.25) is 0 Å². The number of rotatable bonds is 5. The van der Waals surface area contributed by atoms with Gasteiger partial charge >= 0.3 is 0 Å². The summed E-state index contributed by atoms with van der Waals surface area (Å²) < 4.78 is 26.5. The number of sulfonamides is 1. The number of amides is 1. The summed E-state index contributed by atoms with van der Waals surface area (Å²) >= 11 is 0. The fourth-order valence-corrected chi connectivity index (χ4v) is 3.07. The van der Waals surface area contributed by atoms with Crippen LogP contribution in [-0.4, -0.2) is 32.7 Å². The fourth-order valence-electron chi connectivity index (χ4n) is 1.99. The molecule has 2 rings (SSSR count). The zero-order valence-electron chi connectivity index (χ0n) is 11.0. The lowest BCUT2D eigenvalue weighted by atomic mass is 10.2. The van der Waals surface area contributed by atoms with Crippen molar-refractivity contribution < 1.29 is 18.0 Å². The number of carbonyl (C=O) groups excluding carboxylic acids is 2. The van der Waals surface area contributed by atoms with Crippen molar-refractivity contribution in [3.05, 3.63) is 29.8 Å².